The molecule has 54 heavy (non-hydrogen) atoms. The second-order valence-electron chi connectivity index (χ2n) is 12.1. The summed E-state index contributed by atoms with van der Waals surface area (Å²) < 4.78 is 44.3. The zero-order valence-electron chi connectivity index (χ0n) is 28.2. The molecule has 2 aliphatic heterocycles. The van der Waals surface area contributed by atoms with E-state index in [9.17, 15) is 29.6 Å². The molecule has 6 heterocycles. The zero-order valence-corrected chi connectivity index (χ0v) is 30.0. The first-order valence-electron chi connectivity index (χ1n) is 16.3. The highest BCUT2D eigenvalue weighted by Crippen LogP contribution is 2.41. The lowest BCUT2D eigenvalue weighted by molar-refractivity contribution is -0.0504. The second kappa shape index (κ2) is 17.5. The van der Waals surface area contributed by atoms with Crippen LogP contribution in [0.15, 0.2) is 19.0 Å². The summed E-state index contributed by atoms with van der Waals surface area (Å²) in [7, 11) is -9.49. The average molecular weight is 809 g/mol. The maximum atomic E-state index is 11.0. The second-order valence-corrected chi connectivity index (χ2v) is 14.6. The Labute approximate surface area is 304 Å². The van der Waals surface area contributed by atoms with Crippen molar-refractivity contribution in [3.05, 3.63) is 19.0 Å². The highest BCUT2D eigenvalue weighted by Gasteiger charge is 2.47. The number of nitrogen functional groups attached to an aromatic ring is 2. The highest BCUT2D eigenvalue weighted by molar-refractivity contribution is 7.46. The molecule has 0 aliphatic carbocycles. The Balaban J connectivity index is 0.000000217. The number of unbranched alkanes of at least 4 members (excludes halogenated alkanes) is 3. The van der Waals surface area contributed by atoms with Gasteiger partial charge in [-0.3, -0.25) is 18.2 Å². The van der Waals surface area contributed by atoms with E-state index in [0.717, 1.165) is 25.7 Å². The Bertz CT molecular complexity index is 1960. The van der Waals surface area contributed by atoms with Crippen molar-refractivity contribution in [3.63, 3.8) is 0 Å². The number of aliphatic hydroxyl groups is 4. The third-order valence-electron chi connectivity index (χ3n) is 8.32. The summed E-state index contributed by atoms with van der Waals surface area (Å²) in [6.45, 7) is 0.0000627. The monoisotopic (exact) mass is 808 g/mol. The van der Waals surface area contributed by atoms with Gasteiger partial charge in [0.1, 0.15) is 54.8 Å². The van der Waals surface area contributed by atoms with Crippen LogP contribution in [0, 0.1) is 0 Å². The molecule has 28 heteroatoms. The SMILES string of the molecule is NCCCCCCNc1nc2c(N)ncnc2n1[C@@H]1O[C@H](COP(=O)(O)O)[C@@H](O)[C@H]1O.Nc1ncnc2c1ncn2[C@@H]1O[C@H](COP(=O)(O)O)[C@@H](O)[C@H]1O. The molecule has 0 bridgehead atoms. The molecule has 4 aromatic rings. The van der Waals surface area contributed by atoms with Crippen LogP contribution < -0.4 is 22.5 Å². The molecule has 0 radical (unpaired) electrons. The van der Waals surface area contributed by atoms with E-state index >= 15 is 0 Å². The van der Waals surface area contributed by atoms with Gasteiger partial charge in [0.25, 0.3) is 0 Å². The number of nitrogens with one attached hydrogen (secondary N) is 1. The van der Waals surface area contributed by atoms with Crippen molar-refractivity contribution in [1.29, 1.82) is 0 Å². The minimum atomic E-state index is -4.78. The van der Waals surface area contributed by atoms with Crippen LogP contribution in [-0.4, -0.2) is 142 Å². The summed E-state index contributed by atoms with van der Waals surface area (Å²) >= 11 is 0. The number of hydrogen-bond donors (Lipinski definition) is 12. The van der Waals surface area contributed by atoms with Gasteiger partial charge in [-0.25, -0.2) is 39.0 Å². The number of imidazole rings is 2. The molecule has 0 spiro atoms. The molecule has 8 atom stereocenters. The van der Waals surface area contributed by atoms with Gasteiger partial charge in [0.05, 0.1) is 19.5 Å². The fourth-order valence-electron chi connectivity index (χ4n) is 5.69. The standard InChI is InChI=1S/C16H28N7O7P.C10H14N5O7P/c17-5-3-1-2-4-6-19-16-22-10-13(18)20-8-21-14(10)23(16)15-12(25)11(24)9(30-15)7-29-31(26,27)28;11-8-5-9(13-2-12-8)15(3-14-5)10-7(17)6(16)4(22-10)1-21-23(18,19)20/h8-9,11-12,15,24-25H,1-7,17H2,(H,19,22)(H2,18,20,21)(H2,26,27,28);2-4,6-7,10,16-17H,1H2,(H2,11,12,13)(H2,18,19,20)/t9-,11-,12-,15-;4-,6-,7-,10-/m11/s1. The van der Waals surface area contributed by atoms with E-state index in [-0.39, 0.29) is 28.4 Å². The fourth-order valence-corrected chi connectivity index (χ4v) is 6.37. The van der Waals surface area contributed by atoms with Gasteiger partial charge in [-0.2, -0.15) is 0 Å². The van der Waals surface area contributed by atoms with E-state index in [0.29, 0.717) is 24.6 Å². The van der Waals surface area contributed by atoms with Crippen molar-refractivity contribution >= 4 is 55.6 Å². The minimum absolute atomic E-state index is 0.129. The van der Waals surface area contributed by atoms with Gasteiger partial charge in [-0.15, -0.1) is 0 Å². The molecule has 2 aliphatic rings. The third-order valence-corrected chi connectivity index (χ3v) is 9.29. The fraction of sp³-hybridized carbons (Fsp3) is 0.615. The molecule has 4 aromatic heterocycles. The number of anilines is 3. The zero-order chi connectivity index (χ0) is 39.4. The summed E-state index contributed by atoms with van der Waals surface area (Å²) in [5.41, 5.74) is 18.2. The van der Waals surface area contributed by atoms with E-state index in [4.69, 9.17) is 46.2 Å². The number of phosphoric ester groups is 2. The summed E-state index contributed by atoms with van der Waals surface area (Å²) in [5, 5.41) is 44.1. The quantitative estimate of drug-likeness (QED) is 0.0426. The van der Waals surface area contributed by atoms with Crippen LogP contribution >= 0.6 is 15.6 Å². The molecule has 26 nitrogen and oxygen atoms in total. The number of nitrogens with zero attached hydrogens (tertiary/aromatic N) is 8. The van der Waals surface area contributed by atoms with Crippen molar-refractivity contribution in [2.45, 2.75) is 74.8 Å². The lowest BCUT2D eigenvalue weighted by Crippen LogP contribution is -2.33. The normalized spacial score (nSPS) is 26.0. The summed E-state index contributed by atoms with van der Waals surface area (Å²) in [6, 6.07) is 0. The van der Waals surface area contributed by atoms with Gasteiger partial charge in [0.2, 0.25) is 5.95 Å². The molecular weight excluding hydrogens is 766 g/mol. The van der Waals surface area contributed by atoms with Crippen molar-refractivity contribution in [2.75, 3.05) is 43.1 Å². The Hall–Kier alpha value is -3.56. The van der Waals surface area contributed by atoms with E-state index in [2.05, 4.69) is 44.3 Å². The van der Waals surface area contributed by atoms with Crippen molar-refractivity contribution in [1.82, 2.24) is 39.0 Å². The molecule has 2 fully saturated rings. The molecule has 0 saturated carbocycles. The summed E-state index contributed by atoms with van der Waals surface area (Å²) in [4.78, 5) is 59.5. The number of aliphatic hydroxyl groups excluding tert-OH is 4. The van der Waals surface area contributed by atoms with Crippen molar-refractivity contribution < 1.29 is 67.7 Å². The van der Waals surface area contributed by atoms with Crippen LogP contribution in [0.2, 0.25) is 0 Å². The van der Waals surface area contributed by atoms with Gasteiger partial charge in [-0.05, 0) is 19.4 Å². The first kappa shape index (κ1) is 41.6. The maximum Gasteiger partial charge on any atom is 0.469 e. The van der Waals surface area contributed by atoms with Gasteiger partial charge >= 0.3 is 15.6 Å². The van der Waals surface area contributed by atoms with Crippen LogP contribution in [0.5, 0.6) is 0 Å². The number of nitrogens with two attached hydrogens (primary N) is 3. The first-order valence-corrected chi connectivity index (χ1v) is 19.4. The number of phosphoric acid groups is 2. The molecule has 15 N–H and O–H groups in total. The van der Waals surface area contributed by atoms with Gasteiger partial charge in [-0.1, -0.05) is 12.8 Å². The minimum Gasteiger partial charge on any atom is -0.387 e. The molecular formula is C26H42N12O14P2. The van der Waals surface area contributed by atoms with E-state index < -0.39 is 77.9 Å². The van der Waals surface area contributed by atoms with E-state index in [1.807, 2.05) is 0 Å². The number of fused-ring (bicyclic) bond motifs is 2. The third kappa shape index (κ3) is 9.81. The number of rotatable bonds is 15. The van der Waals surface area contributed by atoms with Gasteiger partial charge in [0.15, 0.2) is 40.9 Å². The predicted molar refractivity (Wildman–Crippen MR) is 183 cm³/mol. The molecule has 2 saturated heterocycles. The Kier molecular flexibility index (Phi) is 13.5. The van der Waals surface area contributed by atoms with Crippen LogP contribution in [-0.2, 0) is 27.7 Å². The van der Waals surface area contributed by atoms with Crippen LogP contribution in [0.1, 0.15) is 38.1 Å². The number of hydrogen-bond acceptors (Lipinski definition) is 20. The smallest absolute Gasteiger partial charge is 0.387 e. The molecule has 0 aromatic carbocycles. The van der Waals surface area contributed by atoms with Crippen LogP contribution in [0.3, 0.4) is 0 Å². The van der Waals surface area contributed by atoms with Crippen LogP contribution in [0.4, 0.5) is 17.6 Å². The highest BCUT2D eigenvalue weighted by atomic mass is 31.2. The Morgan fingerprint density at radius 1 is 0.722 bits per heavy atom. The molecule has 6 rings (SSSR count). The van der Waals surface area contributed by atoms with Gasteiger partial charge < -0.3 is 72.0 Å². The van der Waals surface area contributed by atoms with Gasteiger partial charge in [0, 0.05) is 6.54 Å². The first-order chi connectivity index (χ1) is 25.5. The summed E-state index contributed by atoms with van der Waals surface area (Å²) in [6.07, 6.45) is -2.73. The largest absolute Gasteiger partial charge is 0.469 e. The topological polar surface area (TPSA) is 410 Å². The lowest BCUT2D eigenvalue weighted by atomic mass is 10.1. The molecule has 0 unspecified atom stereocenters. The molecule has 300 valence electrons. The maximum absolute atomic E-state index is 11.0. The number of aromatic nitrogens is 8. The lowest BCUT2D eigenvalue weighted by Gasteiger charge is -2.19. The van der Waals surface area contributed by atoms with Crippen molar-refractivity contribution in [3.8, 4) is 0 Å². The van der Waals surface area contributed by atoms with E-state index in [1.165, 1.54) is 28.1 Å². The van der Waals surface area contributed by atoms with E-state index in [1.54, 1.807) is 0 Å². The number of ether oxygens (including phenoxy) is 2. The van der Waals surface area contributed by atoms with Crippen LogP contribution in [0.25, 0.3) is 22.3 Å². The van der Waals surface area contributed by atoms with Crippen molar-refractivity contribution in [2.24, 2.45) is 5.73 Å². The molecule has 0 amide bonds. The Morgan fingerprint density at radius 3 is 1.85 bits per heavy atom. The predicted octanol–water partition coefficient (Wildman–Crippen LogP) is -2.79. The summed E-state index contributed by atoms with van der Waals surface area (Å²) in [5.74, 6) is 0.571. The Morgan fingerprint density at radius 2 is 1.26 bits per heavy atom. The average Bonchev–Trinajstić information content (AvgIpc) is 3.85.